The number of aryl methyl sites for hydroxylation is 2. The lowest BCUT2D eigenvalue weighted by atomic mass is 9.90. The highest BCUT2D eigenvalue weighted by molar-refractivity contribution is 5.25. The lowest BCUT2D eigenvalue weighted by Gasteiger charge is -2.35. The second-order valence-electron chi connectivity index (χ2n) is 6.58. The molecule has 1 unspecified atom stereocenters. The van der Waals surface area contributed by atoms with Crippen LogP contribution in [0.25, 0.3) is 0 Å². The first kappa shape index (κ1) is 15.2. The quantitative estimate of drug-likeness (QED) is 0.851. The molecule has 0 aromatic carbocycles. The standard InChI is InChI=1S/C17H25N5/c1-13(2)10-22(11-16-19-12-20-21(16)3)15-8-4-6-14-7-5-9-18-17(14)15/h5,7,9,12-13,15H,4,6,8,10-11H2,1-3H3. The molecule has 118 valence electrons. The van der Waals surface area contributed by atoms with Gasteiger partial charge in [-0.25, -0.2) is 4.98 Å². The summed E-state index contributed by atoms with van der Waals surface area (Å²) in [5.41, 5.74) is 2.67. The van der Waals surface area contributed by atoms with Crippen molar-refractivity contribution in [2.75, 3.05) is 6.54 Å². The Kier molecular flexibility index (Phi) is 4.52. The van der Waals surface area contributed by atoms with Gasteiger partial charge in [-0.1, -0.05) is 19.9 Å². The van der Waals surface area contributed by atoms with Crippen molar-refractivity contribution in [2.45, 2.75) is 45.7 Å². The minimum atomic E-state index is 0.393. The maximum Gasteiger partial charge on any atom is 0.140 e. The molecule has 5 heteroatoms. The van der Waals surface area contributed by atoms with Crippen molar-refractivity contribution in [3.05, 3.63) is 41.7 Å². The van der Waals surface area contributed by atoms with Crippen LogP contribution in [0.1, 0.15) is 49.8 Å². The number of fused-ring (bicyclic) bond motifs is 1. The van der Waals surface area contributed by atoms with E-state index in [1.807, 2.05) is 17.9 Å². The number of pyridine rings is 1. The molecule has 0 saturated heterocycles. The second-order valence-corrected chi connectivity index (χ2v) is 6.58. The summed E-state index contributed by atoms with van der Waals surface area (Å²) < 4.78 is 1.87. The highest BCUT2D eigenvalue weighted by Crippen LogP contribution is 2.33. The van der Waals surface area contributed by atoms with E-state index < -0.39 is 0 Å². The Bertz CT molecular complexity index is 619. The maximum atomic E-state index is 4.70. The first-order chi connectivity index (χ1) is 10.6. The Balaban J connectivity index is 1.88. The van der Waals surface area contributed by atoms with Gasteiger partial charge >= 0.3 is 0 Å². The van der Waals surface area contributed by atoms with Gasteiger partial charge in [-0.3, -0.25) is 14.6 Å². The second kappa shape index (κ2) is 6.57. The molecule has 0 aliphatic heterocycles. The van der Waals surface area contributed by atoms with E-state index in [1.54, 1.807) is 6.33 Å². The fourth-order valence-corrected chi connectivity index (χ4v) is 3.36. The molecule has 1 aliphatic rings. The van der Waals surface area contributed by atoms with E-state index in [2.05, 4.69) is 41.0 Å². The molecular weight excluding hydrogens is 274 g/mol. The molecule has 2 aromatic heterocycles. The molecule has 2 aromatic rings. The molecule has 2 heterocycles. The fourth-order valence-electron chi connectivity index (χ4n) is 3.36. The molecule has 5 nitrogen and oxygen atoms in total. The minimum absolute atomic E-state index is 0.393. The minimum Gasteiger partial charge on any atom is -0.287 e. The molecule has 3 rings (SSSR count). The number of aromatic nitrogens is 4. The lowest BCUT2D eigenvalue weighted by Crippen LogP contribution is -2.35. The third-order valence-electron chi connectivity index (χ3n) is 4.36. The Morgan fingerprint density at radius 2 is 2.23 bits per heavy atom. The molecule has 0 saturated carbocycles. The fraction of sp³-hybridized carbons (Fsp3) is 0.588. The Hall–Kier alpha value is -1.75. The molecule has 1 atom stereocenters. The van der Waals surface area contributed by atoms with E-state index in [1.165, 1.54) is 24.1 Å². The van der Waals surface area contributed by atoms with Gasteiger partial charge < -0.3 is 0 Å². The predicted octanol–water partition coefficient (Wildman–Crippen LogP) is 2.75. The van der Waals surface area contributed by atoms with Gasteiger partial charge in [-0.05, 0) is 36.8 Å². The van der Waals surface area contributed by atoms with Gasteiger partial charge in [0.1, 0.15) is 12.2 Å². The summed E-state index contributed by atoms with van der Waals surface area (Å²) >= 11 is 0. The molecule has 1 aliphatic carbocycles. The van der Waals surface area contributed by atoms with Gasteiger partial charge in [-0.15, -0.1) is 0 Å². The molecule has 0 spiro atoms. The van der Waals surface area contributed by atoms with Crippen LogP contribution in [0.3, 0.4) is 0 Å². The third-order valence-corrected chi connectivity index (χ3v) is 4.36. The highest BCUT2D eigenvalue weighted by Gasteiger charge is 2.28. The van der Waals surface area contributed by atoms with Crippen LogP contribution < -0.4 is 0 Å². The smallest absolute Gasteiger partial charge is 0.140 e. The molecule has 0 amide bonds. The zero-order chi connectivity index (χ0) is 15.5. The Morgan fingerprint density at radius 1 is 1.36 bits per heavy atom. The number of rotatable bonds is 5. The molecule has 22 heavy (non-hydrogen) atoms. The monoisotopic (exact) mass is 299 g/mol. The largest absolute Gasteiger partial charge is 0.287 e. The first-order valence-electron chi connectivity index (χ1n) is 8.16. The summed E-state index contributed by atoms with van der Waals surface area (Å²) in [4.78, 5) is 11.6. The van der Waals surface area contributed by atoms with Crippen molar-refractivity contribution in [3.8, 4) is 0 Å². The van der Waals surface area contributed by atoms with Gasteiger partial charge in [0.15, 0.2) is 0 Å². The van der Waals surface area contributed by atoms with E-state index in [4.69, 9.17) is 4.98 Å². The van der Waals surface area contributed by atoms with Crippen molar-refractivity contribution < 1.29 is 0 Å². The molecule has 0 bridgehead atoms. The Morgan fingerprint density at radius 3 is 2.95 bits per heavy atom. The molecule has 0 N–H and O–H groups in total. The van der Waals surface area contributed by atoms with Crippen molar-refractivity contribution in [1.82, 2.24) is 24.6 Å². The van der Waals surface area contributed by atoms with Crippen LogP contribution in [0, 0.1) is 5.92 Å². The van der Waals surface area contributed by atoms with Gasteiger partial charge in [0.2, 0.25) is 0 Å². The van der Waals surface area contributed by atoms with Crippen molar-refractivity contribution >= 4 is 0 Å². The average molecular weight is 299 g/mol. The van der Waals surface area contributed by atoms with Crippen LogP contribution in [0.15, 0.2) is 24.7 Å². The summed E-state index contributed by atoms with van der Waals surface area (Å²) in [6.45, 7) is 6.42. The molecule has 0 radical (unpaired) electrons. The summed E-state index contributed by atoms with van der Waals surface area (Å²) in [5, 5.41) is 4.20. The first-order valence-corrected chi connectivity index (χ1v) is 8.16. The zero-order valence-electron chi connectivity index (χ0n) is 13.7. The molecular formula is C17H25N5. The third kappa shape index (κ3) is 3.19. The van der Waals surface area contributed by atoms with E-state index in [9.17, 15) is 0 Å². The van der Waals surface area contributed by atoms with Crippen LogP contribution in [0.4, 0.5) is 0 Å². The topological polar surface area (TPSA) is 46.8 Å². The highest BCUT2D eigenvalue weighted by atomic mass is 15.3. The average Bonchev–Trinajstić information content (AvgIpc) is 2.91. The van der Waals surface area contributed by atoms with Crippen LogP contribution in [-0.4, -0.2) is 31.2 Å². The van der Waals surface area contributed by atoms with E-state index in [0.717, 1.165) is 25.3 Å². The zero-order valence-corrected chi connectivity index (χ0v) is 13.7. The van der Waals surface area contributed by atoms with Crippen molar-refractivity contribution in [2.24, 2.45) is 13.0 Å². The number of hydrogen-bond donors (Lipinski definition) is 0. The maximum absolute atomic E-state index is 4.70. The van der Waals surface area contributed by atoms with Gasteiger partial charge in [0.05, 0.1) is 18.3 Å². The van der Waals surface area contributed by atoms with Crippen molar-refractivity contribution in [3.63, 3.8) is 0 Å². The Labute approximate surface area is 132 Å². The SMILES string of the molecule is CC(C)CN(Cc1ncnn1C)C1CCCc2cccnc21. The summed E-state index contributed by atoms with van der Waals surface area (Å²) in [5.74, 6) is 1.63. The van der Waals surface area contributed by atoms with E-state index in [-0.39, 0.29) is 0 Å². The van der Waals surface area contributed by atoms with E-state index >= 15 is 0 Å². The lowest BCUT2D eigenvalue weighted by molar-refractivity contribution is 0.142. The van der Waals surface area contributed by atoms with Crippen LogP contribution >= 0.6 is 0 Å². The number of hydrogen-bond acceptors (Lipinski definition) is 4. The van der Waals surface area contributed by atoms with Gasteiger partial charge in [0.25, 0.3) is 0 Å². The van der Waals surface area contributed by atoms with Crippen LogP contribution in [0.5, 0.6) is 0 Å². The van der Waals surface area contributed by atoms with Crippen molar-refractivity contribution in [1.29, 1.82) is 0 Å². The summed E-state index contributed by atoms with van der Waals surface area (Å²) in [6.07, 6.45) is 7.12. The predicted molar refractivity (Wildman–Crippen MR) is 86.2 cm³/mol. The van der Waals surface area contributed by atoms with Gasteiger partial charge in [-0.2, -0.15) is 5.10 Å². The normalized spacial score (nSPS) is 18.0. The van der Waals surface area contributed by atoms with Crippen LogP contribution in [-0.2, 0) is 20.0 Å². The van der Waals surface area contributed by atoms with Crippen LogP contribution in [0.2, 0.25) is 0 Å². The summed E-state index contributed by atoms with van der Waals surface area (Å²) in [7, 11) is 1.96. The summed E-state index contributed by atoms with van der Waals surface area (Å²) in [6, 6.07) is 4.67. The van der Waals surface area contributed by atoms with Gasteiger partial charge in [0, 0.05) is 19.8 Å². The molecule has 0 fully saturated rings. The number of nitrogens with zero attached hydrogens (tertiary/aromatic N) is 5. The van der Waals surface area contributed by atoms with E-state index in [0.29, 0.717) is 12.0 Å².